The molecule has 0 aromatic rings. The first-order chi connectivity index (χ1) is 8.64. The summed E-state index contributed by atoms with van der Waals surface area (Å²) in [5.74, 6) is 0.0324. The normalized spacial score (nSPS) is 11.6. The Morgan fingerprint density at radius 2 is 1.22 bits per heavy atom. The van der Waals surface area contributed by atoms with E-state index in [0.29, 0.717) is 6.42 Å². The second-order valence-corrected chi connectivity index (χ2v) is 9.39. The highest BCUT2D eigenvalue weighted by molar-refractivity contribution is 6.75. The molecular weight excluding hydrogens is 240 g/mol. The molecule has 0 fully saturated rings. The summed E-state index contributed by atoms with van der Waals surface area (Å²) >= 11 is 0. The third kappa shape index (κ3) is 7.19. The number of hydrogen-bond donors (Lipinski definition) is 0. The predicted octanol–water partition coefficient (Wildman–Crippen LogP) is 5.29. The third-order valence-electron chi connectivity index (χ3n) is 3.58. The molecule has 0 saturated heterocycles. The van der Waals surface area contributed by atoms with Crippen molar-refractivity contribution in [2.75, 3.05) is 0 Å². The van der Waals surface area contributed by atoms with Crippen LogP contribution in [0.2, 0.25) is 18.1 Å². The van der Waals surface area contributed by atoms with Crippen LogP contribution in [0.1, 0.15) is 72.6 Å². The first-order valence-electron chi connectivity index (χ1n) is 7.86. The van der Waals surface area contributed by atoms with E-state index in [1.54, 1.807) is 0 Å². The highest BCUT2D eigenvalue weighted by atomic mass is 28.4. The fraction of sp³-hybridized carbons (Fsp3) is 0.933. The van der Waals surface area contributed by atoms with Crippen LogP contribution in [0.3, 0.4) is 0 Å². The van der Waals surface area contributed by atoms with Crippen molar-refractivity contribution in [3.05, 3.63) is 0 Å². The van der Waals surface area contributed by atoms with Gasteiger partial charge in [0.05, 0.1) is 0 Å². The van der Waals surface area contributed by atoms with Gasteiger partial charge in [0.15, 0.2) is 0 Å². The van der Waals surface area contributed by atoms with Gasteiger partial charge in [0.1, 0.15) is 0 Å². The maximum Gasteiger partial charge on any atom is 0.292 e. The molecule has 0 heterocycles. The average molecular weight is 273 g/mol. The molecule has 3 heteroatoms. The molecule has 0 radical (unpaired) electrons. The zero-order valence-electron chi connectivity index (χ0n) is 12.9. The lowest BCUT2D eigenvalue weighted by atomic mass is 10.4. The van der Waals surface area contributed by atoms with Crippen molar-refractivity contribution in [3.8, 4) is 0 Å². The van der Waals surface area contributed by atoms with Gasteiger partial charge in [-0.15, -0.1) is 0 Å². The molecule has 0 amide bonds. The largest absolute Gasteiger partial charge is 0.519 e. The molecular formula is C15H32O2Si. The van der Waals surface area contributed by atoms with Gasteiger partial charge >= 0.3 is 0 Å². The van der Waals surface area contributed by atoms with Gasteiger partial charge in [-0.2, -0.15) is 0 Å². The van der Waals surface area contributed by atoms with Crippen LogP contribution in [0, 0.1) is 0 Å². The van der Waals surface area contributed by atoms with Crippen LogP contribution >= 0.6 is 0 Å². The highest BCUT2D eigenvalue weighted by Gasteiger charge is 2.36. The summed E-state index contributed by atoms with van der Waals surface area (Å²) in [4.78, 5) is 11.7. The summed E-state index contributed by atoms with van der Waals surface area (Å²) in [6.45, 7) is 8.57. The summed E-state index contributed by atoms with van der Waals surface area (Å²) in [5, 5.41) is 0. The van der Waals surface area contributed by atoms with Gasteiger partial charge in [-0.05, 0) is 18.1 Å². The lowest BCUT2D eigenvalue weighted by Crippen LogP contribution is -2.40. The van der Waals surface area contributed by atoms with Crippen molar-refractivity contribution in [2.24, 2.45) is 0 Å². The van der Waals surface area contributed by atoms with Gasteiger partial charge in [0.2, 0.25) is 0 Å². The van der Waals surface area contributed by atoms with Crippen LogP contribution in [-0.4, -0.2) is 14.3 Å². The topological polar surface area (TPSA) is 26.3 Å². The first-order valence-corrected chi connectivity index (χ1v) is 10.4. The monoisotopic (exact) mass is 272 g/mol. The van der Waals surface area contributed by atoms with Gasteiger partial charge in [-0.1, -0.05) is 66.2 Å². The van der Waals surface area contributed by atoms with Crippen molar-refractivity contribution in [1.29, 1.82) is 0 Å². The fourth-order valence-corrected chi connectivity index (χ4v) is 7.02. The minimum Gasteiger partial charge on any atom is -0.519 e. The van der Waals surface area contributed by atoms with Gasteiger partial charge in [-0.3, -0.25) is 4.79 Å². The van der Waals surface area contributed by atoms with Crippen LogP contribution in [0.5, 0.6) is 0 Å². The van der Waals surface area contributed by atoms with Crippen molar-refractivity contribution in [1.82, 2.24) is 0 Å². The van der Waals surface area contributed by atoms with Crippen LogP contribution in [-0.2, 0) is 9.22 Å². The molecule has 0 aromatic heterocycles. The van der Waals surface area contributed by atoms with E-state index in [0.717, 1.165) is 0 Å². The number of unbranched alkanes of at least 4 members (excludes halogenated alkanes) is 3. The summed E-state index contributed by atoms with van der Waals surface area (Å²) in [6, 6.07) is 3.53. The van der Waals surface area contributed by atoms with Crippen LogP contribution in [0.15, 0.2) is 0 Å². The maximum atomic E-state index is 11.7. The van der Waals surface area contributed by atoms with Crippen molar-refractivity contribution in [3.63, 3.8) is 0 Å². The molecule has 0 atom stereocenters. The van der Waals surface area contributed by atoms with E-state index < -0.39 is 8.32 Å². The second-order valence-electron chi connectivity index (χ2n) is 5.32. The first kappa shape index (κ1) is 17.7. The molecule has 0 unspecified atom stereocenters. The third-order valence-corrected chi connectivity index (χ3v) is 8.03. The quantitative estimate of drug-likeness (QED) is 0.478. The Kier molecular flexibility index (Phi) is 10.4. The number of hydrogen-bond acceptors (Lipinski definition) is 2. The summed E-state index contributed by atoms with van der Waals surface area (Å²) in [6.07, 6.45) is 7.80. The highest BCUT2D eigenvalue weighted by Crippen LogP contribution is 2.30. The van der Waals surface area contributed by atoms with Crippen LogP contribution < -0.4 is 0 Å². The summed E-state index contributed by atoms with van der Waals surface area (Å²) in [7, 11) is -1.79. The molecule has 0 aromatic carbocycles. The lowest BCUT2D eigenvalue weighted by Gasteiger charge is -2.31. The minimum atomic E-state index is -1.79. The molecule has 0 aliphatic carbocycles. The zero-order valence-corrected chi connectivity index (χ0v) is 13.9. The molecule has 2 nitrogen and oxygen atoms in total. The molecule has 0 N–H and O–H groups in total. The Balaban J connectivity index is 4.66. The number of rotatable bonds is 11. The smallest absolute Gasteiger partial charge is 0.292 e. The molecule has 0 aliphatic rings. The van der Waals surface area contributed by atoms with Crippen molar-refractivity contribution in [2.45, 2.75) is 90.8 Å². The van der Waals surface area contributed by atoms with Crippen LogP contribution in [0.4, 0.5) is 0 Å². The standard InChI is InChI=1S/C15H32O2Si/c1-5-9-12-18(13-10-6-2,14-11-7-3)17-15(16)8-4/h5-14H2,1-4H3. The van der Waals surface area contributed by atoms with E-state index in [-0.39, 0.29) is 5.97 Å². The van der Waals surface area contributed by atoms with Crippen molar-refractivity contribution < 1.29 is 9.22 Å². The average Bonchev–Trinajstić information content (AvgIpc) is 2.40. The molecule has 0 aliphatic heterocycles. The lowest BCUT2D eigenvalue weighted by molar-refractivity contribution is -0.135. The maximum absolute atomic E-state index is 11.7. The Morgan fingerprint density at radius 1 is 0.833 bits per heavy atom. The molecule has 0 rings (SSSR count). The second kappa shape index (κ2) is 10.6. The van der Waals surface area contributed by atoms with Crippen LogP contribution in [0.25, 0.3) is 0 Å². The Hall–Kier alpha value is -0.313. The zero-order chi connectivity index (χ0) is 13.9. The Labute approximate surface area is 115 Å². The SMILES string of the molecule is CCCC[Si](CCCC)(CCCC)OC(=O)CC. The van der Waals surface area contributed by atoms with Gasteiger partial charge in [-0.25, -0.2) is 0 Å². The Morgan fingerprint density at radius 3 is 1.50 bits per heavy atom. The van der Waals surface area contributed by atoms with E-state index >= 15 is 0 Å². The summed E-state index contributed by atoms with van der Waals surface area (Å²) < 4.78 is 5.99. The van der Waals surface area contributed by atoms with Crippen molar-refractivity contribution >= 4 is 14.3 Å². The van der Waals surface area contributed by atoms with E-state index in [1.165, 1.54) is 56.7 Å². The molecule has 0 saturated carbocycles. The number of carbonyl (C=O) groups is 1. The Bertz CT molecular complexity index is 195. The molecule has 0 spiro atoms. The van der Waals surface area contributed by atoms with E-state index in [1.807, 2.05) is 6.92 Å². The minimum absolute atomic E-state index is 0.0324. The molecule has 18 heavy (non-hydrogen) atoms. The van der Waals surface area contributed by atoms with Gasteiger partial charge in [0, 0.05) is 6.42 Å². The van der Waals surface area contributed by atoms with E-state index in [9.17, 15) is 4.79 Å². The molecule has 108 valence electrons. The predicted molar refractivity (Wildman–Crippen MR) is 81.3 cm³/mol. The number of carbonyl (C=O) groups excluding carboxylic acids is 1. The van der Waals surface area contributed by atoms with Gasteiger partial charge in [0.25, 0.3) is 14.3 Å². The van der Waals surface area contributed by atoms with E-state index in [2.05, 4.69) is 20.8 Å². The fourth-order valence-electron chi connectivity index (χ4n) is 2.34. The summed E-state index contributed by atoms with van der Waals surface area (Å²) in [5.41, 5.74) is 0. The molecule has 0 bridgehead atoms. The van der Waals surface area contributed by atoms with Gasteiger partial charge < -0.3 is 4.43 Å². The van der Waals surface area contributed by atoms with E-state index in [4.69, 9.17) is 4.43 Å².